The summed E-state index contributed by atoms with van der Waals surface area (Å²) in [6.07, 6.45) is 6.09. The van der Waals surface area contributed by atoms with Gasteiger partial charge in [-0.05, 0) is 67.6 Å². The van der Waals surface area contributed by atoms with E-state index < -0.39 is 5.92 Å². The second kappa shape index (κ2) is 10.5. The van der Waals surface area contributed by atoms with Crippen molar-refractivity contribution in [2.45, 2.75) is 50.9 Å². The topological polar surface area (TPSA) is 84.1 Å². The Bertz CT molecular complexity index is 1460. The Morgan fingerprint density at radius 2 is 1.75 bits per heavy atom. The van der Waals surface area contributed by atoms with E-state index in [1.807, 2.05) is 30.3 Å². The van der Waals surface area contributed by atoms with E-state index in [0.717, 1.165) is 5.75 Å². The number of rotatable bonds is 6. The summed E-state index contributed by atoms with van der Waals surface area (Å²) in [4.78, 5) is 32.9. The van der Waals surface area contributed by atoms with Crippen LogP contribution < -0.4 is 15.6 Å². The van der Waals surface area contributed by atoms with E-state index in [4.69, 9.17) is 16.3 Å². The monoisotopic (exact) mass is 501 g/mol. The predicted octanol–water partition coefficient (Wildman–Crippen LogP) is 7.16. The number of ether oxygens (including phenoxy) is 1. The minimum Gasteiger partial charge on any atom is -0.455 e. The van der Waals surface area contributed by atoms with Gasteiger partial charge in [0.25, 0.3) is 5.56 Å². The maximum absolute atomic E-state index is 13.2. The second-order valence-electron chi connectivity index (χ2n) is 9.29. The maximum Gasteiger partial charge on any atom is 0.258 e. The van der Waals surface area contributed by atoms with Crippen molar-refractivity contribution in [2.75, 3.05) is 5.32 Å². The van der Waals surface area contributed by atoms with Gasteiger partial charge < -0.3 is 15.0 Å². The third-order valence-electron chi connectivity index (χ3n) is 6.82. The van der Waals surface area contributed by atoms with Crippen molar-refractivity contribution in [1.29, 1.82) is 0 Å². The van der Waals surface area contributed by atoms with Crippen LogP contribution in [0.15, 0.2) is 71.5 Å². The molecule has 1 amide bonds. The zero-order valence-corrected chi connectivity index (χ0v) is 20.8. The van der Waals surface area contributed by atoms with Crippen LogP contribution in [0.1, 0.15) is 62.3 Å². The molecule has 3 aromatic carbocycles. The molecule has 7 heteroatoms. The molecule has 5 rings (SSSR count). The van der Waals surface area contributed by atoms with Gasteiger partial charge in [-0.3, -0.25) is 9.59 Å². The van der Waals surface area contributed by atoms with E-state index >= 15 is 0 Å². The average molecular weight is 502 g/mol. The van der Waals surface area contributed by atoms with Crippen LogP contribution in [0.25, 0.3) is 10.9 Å². The Balaban J connectivity index is 1.38. The fourth-order valence-electron chi connectivity index (χ4n) is 4.80. The Labute approximate surface area is 214 Å². The highest BCUT2D eigenvalue weighted by Gasteiger charge is 2.22. The zero-order chi connectivity index (χ0) is 25.1. The first kappa shape index (κ1) is 24.1. The fraction of sp³-hybridized carbons (Fsp3) is 0.276. The Morgan fingerprint density at radius 3 is 2.56 bits per heavy atom. The highest BCUT2D eigenvalue weighted by molar-refractivity contribution is 6.31. The van der Waals surface area contributed by atoms with Crippen LogP contribution in [0.5, 0.6) is 11.5 Å². The maximum atomic E-state index is 13.2. The number of hydrogen-bond acceptors (Lipinski definition) is 4. The van der Waals surface area contributed by atoms with Gasteiger partial charge in [0.05, 0.1) is 22.5 Å². The Kier molecular flexibility index (Phi) is 7.05. The number of para-hydroxylation sites is 3. The summed E-state index contributed by atoms with van der Waals surface area (Å²) in [5.41, 5.74) is 1.90. The Hall–Kier alpha value is -3.64. The summed E-state index contributed by atoms with van der Waals surface area (Å²) >= 11 is 6.07. The lowest BCUT2D eigenvalue weighted by molar-refractivity contribution is -0.117. The molecule has 2 N–H and O–H groups in total. The SMILES string of the molecule is CC(C(=O)Nc1ccccc1Oc1ccccc1C1CCCCC1)c1nc2cc(Cl)ccc2c(=O)[nH]1. The normalized spacial score (nSPS) is 14.9. The largest absolute Gasteiger partial charge is 0.455 e. The molecular weight excluding hydrogens is 474 g/mol. The molecule has 0 saturated heterocycles. The van der Waals surface area contributed by atoms with E-state index in [1.54, 1.807) is 31.2 Å². The molecule has 184 valence electrons. The summed E-state index contributed by atoms with van der Waals surface area (Å²) < 4.78 is 6.37. The smallest absolute Gasteiger partial charge is 0.258 e. The molecule has 36 heavy (non-hydrogen) atoms. The number of amides is 1. The number of halogens is 1. The molecule has 1 aliphatic rings. The standard InChI is InChI=1S/C29H28ClN3O3/c1-18(27-31-24-17-20(30)15-16-22(24)29(35)33-27)28(34)32-23-12-6-8-14-26(23)36-25-13-7-5-11-21(25)19-9-3-2-4-10-19/h5-8,11-19H,2-4,9-10H2,1H3,(H,32,34)(H,31,33,35). The summed E-state index contributed by atoms with van der Waals surface area (Å²) in [7, 11) is 0. The van der Waals surface area contributed by atoms with Gasteiger partial charge in [0.1, 0.15) is 11.6 Å². The summed E-state index contributed by atoms with van der Waals surface area (Å²) in [5, 5.41) is 3.85. The number of carbonyl (C=O) groups is 1. The second-order valence-corrected chi connectivity index (χ2v) is 9.73. The lowest BCUT2D eigenvalue weighted by Crippen LogP contribution is -2.23. The van der Waals surface area contributed by atoms with E-state index in [9.17, 15) is 9.59 Å². The lowest BCUT2D eigenvalue weighted by atomic mass is 9.84. The number of benzene rings is 3. The first-order valence-corrected chi connectivity index (χ1v) is 12.7. The van der Waals surface area contributed by atoms with Gasteiger partial charge >= 0.3 is 0 Å². The molecule has 0 spiro atoms. The Morgan fingerprint density at radius 1 is 1.03 bits per heavy atom. The van der Waals surface area contributed by atoms with Gasteiger partial charge in [-0.2, -0.15) is 0 Å². The van der Waals surface area contributed by atoms with Crippen molar-refractivity contribution in [1.82, 2.24) is 9.97 Å². The predicted molar refractivity (Wildman–Crippen MR) is 143 cm³/mol. The van der Waals surface area contributed by atoms with E-state index in [1.165, 1.54) is 37.7 Å². The van der Waals surface area contributed by atoms with Gasteiger partial charge in [-0.25, -0.2) is 4.98 Å². The number of H-pyrrole nitrogens is 1. The summed E-state index contributed by atoms with van der Waals surface area (Å²) in [5.74, 6) is 1.12. The molecule has 1 aromatic heterocycles. The van der Waals surface area contributed by atoms with Gasteiger partial charge in [-0.15, -0.1) is 0 Å². The third kappa shape index (κ3) is 5.14. The van der Waals surface area contributed by atoms with Crippen LogP contribution in [0.4, 0.5) is 5.69 Å². The van der Waals surface area contributed by atoms with Gasteiger partial charge in [0.15, 0.2) is 5.75 Å². The van der Waals surface area contributed by atoms with Crippen molar-refractivity contribution < 1.29 is 9.53 Å². The van der Waals surface area contributed by atoms with Crippen LogP contribution in [-0.4, -0.2) is 15.9 Å². The lowest BCUT2D eigenvalue weighted by Gasteiger charge is -2.24. The molecule has 0 radical (unpaired) electrons. The number of aromatic nitrogens is 2. The molecule has 1 atom stereocenters. The molecular formula is C29H28ClN3O3. The summed E-state index contributed by atoms with van der Waals surface area (Å²) in [6, 6.07) is 20.4. The van der Waals surface area contributed by atoms with Gasteiger partial charge in [0.2, 0.25) is 5.91 Å². The number of aromatic amines is 1. The minimum atomic E-state index is -0.705. The van der Waals surface area contributed by atoms with E-state index in [-0.39, 0.29) is 17.3 Å². The van der Waals surface area contributed by atoms with Gasteiger partial charge in [0, 0.05) is 5.02 Å². The zero-order valence-electron chi connectivity index (χ0n) is 20.1. The number of nitrogens with zero attached hydrogens (tertiary/aromatic N) is 1. The highest BCUT2D eigenvalue weighted by Crippen LogP contribution is 2.40. The molecule has 0 aliphatic heterocycles. The molecule has 1 unspecified atom stereocenters. The minimum absolute atomic E-state index is 0.272. The highest BCUT2D eigenvalue weighted by atomic mass is 35.5. The summed E-state index contributed by atoms with van der Waals surface area (Å²) in [6.45, 7) is 1.70. The molecule has 1 aliphatic carbocycles. The number of carbonyl (C=O) groups excluding carboxylic acids is 1. The molecule has 1 saturated carbocycles. The number of fused-ring (bicyclic) bond motifs is 1. The first-order valence-electron chi connectivity index (χ1n) is 12.4. The van der Waals surface area contributed by atoms with Gasteiger partial charge in [-0.1, -0.05) is 61.2 Å². The number of anilines is 1. The molecule has 1 fully saturated rings. The van der Waals surface area contributed by atoms with Crippen molar-refractivity contribution >= 4 is 34.1 Å². The fourth-order valence-corrected chi connectivity index (χ4v) is 4.97. The van der Waals surface area contributed by atoms with Crippen LogP contribution in [0.3, 0.4) is 0 Å². The average Bonchev–Trinajstić information content (AvgIpc) is 2.90. The molecule has 6 nitrogen and oxygen atoms in total. The number of nitrogens with one attached hydrogen (secondary N) is 2. The van der Waals surface area contributed by atoms with Crippen LogP contribution in [0.2, 0.25) is 5.02 Å². The number of hydrogen-bond donors (Lipinski definition) is 2. The van der Waals surface area contributed by atoms with E-state index in [2.05, 4.69) is 27.4 Å². The van der Waals surface area contributed by atoms with Crippen LogP contribution in [0, 0.1) is 0 Å². The van der Waals surface area contributed by atoms with Crippen LogP contribution >= 0.6 is 11.6 Å². The first-order chi connectivity index (χ1) is 17.5. The molecule has 1 heterocycles. The molecule has 4 aromatic rings. The van der Waals surface area contributed by atoms with Crippen molar-refractivity contribution in [3.05, 3.63) is 93.5 Å². The quantitative estimate of drug-likeness (QED) is 0.293. The van der Waals surface area contributed by atoms with E-state index in [0.29, 0.717) is 33.3 Å². The molecule has 0 bridgehead atoms. The van der Waals surface area contributed by atoms with Crippen molar-refractivity contribution in [3.63, 3.8) is 0 Å². The third-order valence-corrected chi connectivity index (χ3v) is 7.05. The van der Waals surface area contributed by atoms with Crippen molar-refractivity contribution in [3.8, 4) is 11.5 Å². The van der Waals surface area contributed by atoms with Crippen molar-refractivity contribution in [2.24, 2.45) is 0 Å². The van der Waals surface area contributed by atoms with Crippen LogP contribution in [-0.2, 0) is 4.79 Å².